The van der Waals surface area contributed by atoms with Crippen molar-refractivity contribution in [1.82, 2.24) is 29.9 Å². The fourth-order valence-corrected chi connectivity index (χ4v) is 3.87. The summed E-state index contributed by atoms with van der Waals surface area (Å²) in [5.41, 5.74) is 1.24. The number of aromatic amines is 1. The van der Waals surface area contributed by atoms with Crippen molar-refractivity contribution in [2.75, 3.05) is 0 Å². The monoisotopic (exact) mass is 530 g/mol. The first-order valence-electron chi connectivity index (χ1n) is 11.4. The number of fused-ring (bicyclic) bond motifs is 3. The number of aromatic hydroxyl groups is 3. The van der Waals surface area contributed by atoms with Gasteiger partial charge in [-0.1, -0.05) is 35.9 Å². The van der Waals surface area contributed by atoms with Crippen molar-refractivity contribution in [1.29, 1.82) is 0 Å². The van der Waals surface area contributed by atoms with Crippen molar-refractivity contribution in [2.45, 2.75) is 20.8 Å². The third-order valence-corrected chi connectivity index (χ3v) is 5.60. The average Bonchev–Trinajstić information content (AvgIpc) is 2.87. The second kappa shape index (κ2) is 11.1. The lowest BCUT2D eigenvalue weighted by molar-refractivity contribution is 0.479. The summed E-state index contributed by atoms with van der Waals surface area (Å²) < 4.78 is 0. The quantitative estimate of drug-likeness (QED) is 0.201. The highest BCUT2D eigenvalue weighted by molar-refractivity contribution is 6.34. The molecule has 3 aromatic carbocycles. The molecule has 0 spiro atoms. The molecule has 3 heterocycles. The van der Waals surface area contributed by atoms with E-state index >= 15 is 0 Å². The highest BCUT2D eigenvalue weighted by Crippen LogP contribution is 2.26. The van der Waals surface area contributed by atoms with Crippen LogP contribution in [0.5, 0.6) is 17.2 Å². The summed E-state index contributed by atoms with van der Waals surface area (Å²) >= 11 is 5.87. The van der Waals surface area contributed by atoms with Crippen LogP contribution < -0.4 is 5.56 Å². The Morgan fingerprint density at radius 1 is 0.684 bits per heavy atom. The molecule has 0 aliphatic heterocycles. The van der Waals surface area contributed by atoms with Gasteiger partial charge in [-0.05, 0) is 51.1 Å². The predicted molar refractivity (Wildman–Crippen MR) is 146 cm³/mol. The molecule has 0 amide bonds. The summed E-state index contributed by atoms with van der Waals surface area (Å²) in [4.78, 5) is 34.2. The lowest BCUT2D eigenvalue weighted by Crippen LogP contribution is -2.09. The fourth-order valence-electron chi connectivity index (χ4n) is 3.59. The number of aryl methyl sites for hydroxylation is 3. The maximum absolute atomic E-state index is 11.3. The smallest absolute Gasteiger partial charge is 0.258 e. The van der Waals surface area contributed by atoms with E-state index in [9.17, 15) is 20.1 Å². The number of phenols is 3. The minimum Gasteiger partial charge on any atom is -0.506 e. The standard InChI is InChI=1S/C9H7ClN2O.C9H8N2O2.C9H8N2O/c1-5-11-8-6(9(10)12-5)3-2-4-7(8)13;1-5-10-8-6(9(13)11-5)3-2-4-7(8)12;1-6-10-5-7-3-2-4-8(12)9(7)11-6/h2-4,13H,1H3;2-4,12H,1H3,(H,10,11,13);2-5,12H,1H3. The van der Waals surface area contributed by atoms with Gasteiger partial charge in [-0.3, -0.25) is 4.79 Å². The first-order valence-corrected chi connectivity index (χ1v) is 11.7. The van der Waals surface area contributed by atoms with Crippen LogP contribution >= 0.6 is 11.6 Å². The molecular formula is C27H23ClN6O4. The molecule has 192 valence electrons. The normalized spacial score (nSPS) is 10.5. The molecule has 0 fully saturated rings. The van der Waals surface area contributed by atoms with Gasteiger partial charge >= 0.3 is 0 Å². The van der Waals surface area contributed by atoms with Crippen LogP contribution in [0.4, 0.5) is 0 Å². The molecule has 0 bridgehead atoms. The van der Waals surface area contributed by atoms with Crippen LogP contribution in [0, 0.1) is 20.8 Å². The fraction of sp³-hybridized carbons (Fsp3) is 0.111. The molecule has 10 nitrogen and oxygen atoms in total. The van der Waals surface area contributed by atoms with Crippen molar-refractivity contribution in [3.8, 4) is 17.2 Å². The zero-order chi connectivity index (χ0) is 27.4. The molecule has 4 N–H and O–H groups in total. The Hall–Kier alpha value is -4.83. The van der Waals surface area contributed by atoms with Gasteiger partial charge in [-0.2, -0.15) is 0 Å². The van der Waals surface area contributed by atoms with Gasteiger partial charge in [0, 0.05) is 17.0 Å². The molecule has 0 atom stereocenters. The molecular weight excluding hydrogens is 508 g/mol. The number of para-hydroxylation sites is 3. The summed E-state index contributed by atoms with van der Waals surface area (Å²) in [7, 11) is 0. The molecule has 0 saturated carbocycles. The van der Waals surface area contributed by atoms with Crippen LogP contribution in [0.3, 0.4) is 0 Å². The van der Waals surface area contributed by atoms with E-state index in [0.717, 1.165) is 5.39 Å². The van der Waals surface area contributed by atoms with Crippen molar-refractivity contribution in [3.05, 3.63) is 93.8 Å². The Bertz CT molecular complexity index is 1840. The second-order valence-corrected chi connectivity index (χ2v) is 8.55. The Balaban J connectivity index is 0.000000133. The number of H-pyrrole nitrogens is 1. The number of nitrogens with zero attached hydrogens (tertiary/aromatic N) is 5. The second-order valence-electron chi connectivity index (χ2n) is 8.19. The Kier molecular flexibility index (Phi) is 7.63. The van der Waals surface area contributed by atoms with E-state index in [-0.39, 0.29) is 22.8 Å². The van der Waals surface area contributed by atoms with E-state index in [1.807, 2.05) is 6.07 Å². The van der Waals surface area contributed by atoms with Gasteiger partial charge in [0.15, 0.2) is 0 Å². The molecule has 0 aliphatic rings. The Morgan fingerprint density at radius 3 is 1.92 bits per heavy atom. The van der Waals surface area contributed by atoms with Crippen molar-refractivity contribution >= 4 is 44.3 Å². The van der Waals surface area contributed by atoms with E-state index in [0.29, 0.717) is 49.9 Å². The average molecular weight is 531 g/mol. The van der Waals surface area contributed by atoms with E-state index in [2.05, 4.69) is 29.9 Å². The molecule has 11 heteroatoms. The van der Waals surface area contributed by atoms with Crippen LogP contribution in [-0.4, -0.2) is 45.2 Å². The third-order valence-electron chi connectivity index (χ3n) is 5.31. The summed E-state index contributed by atoms with van der Waals surface area (Å²) in [5.74, 6) is 2.09. The number of phenolic OH excluding ortho intramolecular Hbond substituents is 3. The van der Waals surface area contributed by atoms with Crippen LogP contribution in [0.1, 0.15) is 17.5 Å². The van der Waals surface area contributed by atoms with Gasteiger partial charge in [0.05, 0.1) is 5.39 Å². The van der Waals surface area contributed by atoms with Crippen LogP contribution in [-0.2, 0) is 0 Å². The van der Waals surface area contributed by atoms with Gasteiger partial charge < -0.3 is 20.3 Å². The van der Waals surface area contributed by atoms with Gasteiger partial charge in [0.1, 0.15) is 56.4 Å². The summed E-state index contributed by atoms with van der Waals surface area (Å²) in [6.45, 7) is 5.21. The number of rotatable bonds is 0. The van der Waals surface area contributed by atoms with E-state index in [4.69, 9.17) is 11.6 Å². The van der Waals surface area contributed by atoms with Gasteiger partial charge in [0.25, 0.3) is 5.56 Å². The van der Waals surface area contributed by atoms with Crippen LogP contribution in [0.2, 0.25) is 5.15 Å². The number of halogens is 1. The highest BCUT2D eigenvalue weighted by atomic mass is 35.5. The van der Waals surface area contributed by atoms with Crippen molar-refractivity contribution < 1.29 is 15.3 Å². The lowest BCUT2D eigenvalue weighted by atomic mass is 10.2. The van der Waals surface area contributed by atoms with Crippen molar-refractivity contribution in [3.63, 3.8) is 0 Å². The van der Waals surface area contributed by atoms with E-state index in [1.54, 1.807) is 69.4 Å². The van der Waals surface area contributed by atoms with Crippen molar-refractivity contribution in [2.24, 2.45) is 0 Å². The molecule has 0 aliphatic carbocycles. The summed E-state index contributed by atoms with van der Waals surface area (Å²) in [6, 6.07) is 15.1. The minimum absolute atomic E-state index is 0.0340. The van der Waals surface area contributed by atoms with Crippen LogP contribution in [0.15, 0.2) is 65.6 Å². The van der Waals surface area contributed by atoms with E-state index in [1.165, 1.54) is 6.07 Å². The molecule has 0 radical (unpaired) electrons. The molecule has 0 unspecified atom stereocenters. The molecule has 3 aromatic heterocycles. The zero-order valence-corrected chi connectivity index (χ0v) is 21.4. The molecule has 6 rings (SSSR count). The Morgan fingerprint density at radius 2 is 1.24 bits per heavy atom. The van der Waals surface area contributed by atoms with Gasteiger partial charge in [-0.25, -0.2) is 24.9 Å². The van der Waals surface area contributed by atoms with E-state index < -0.39 is 0 Å². The SMILES string of the molecule is Cc1nc(Cl)c2cccc(O)c2n1.Cc1nc2c(O)cccc2c(=O)[nH]1.Cc1ncc2cccc(O)c2n1. The first-order chi connectivity index (χ1) is 18.1. The third kappa shape index (κ3) is 5.76. The number of hydrogen-bond acceptors (Lipinski definition) is 9. The maximum atomic E-state index is 11.3. The number of aromatic nitrogens is 6. The van der Waals surface area contributed by atoms with Gasteiger partial charge in [-0.15, -0.1) is 0 Å². The molecule has 6 aromatic rings. The largest absolute Gasteiger partial charge is 0.506 e. The number of benzene rings is 3. The first kappa shape index (κ1) is 26.2. The predicted octanol–water partition coefficient (Wildman–Crippen LogP) is 4.88. The minimum atomic E-state index is -0.224. The topological polar surface area (TPSA) is 158 Å². The zero-order valence-electron chi connectivity index (χ0n) is 20.6. The maximum Gasteiger partial charge on any atom is 0.258 e. The highest BCUT2D eigenvalue weighted by Gasteiger charge is 2.06. The number of nitrogens with one attached hydrogen (secondary N) is 1. The van der Waals surface area contributed by atoms with Crippen LogP contribution in [0.25, 0.3) is 32.7 Å². The molecule has 0 saturated heterocycles. The lowest BCUT2D eigenvalue weighted by Gasteiger charge is -2.01. The molecule has 38 heavy (non-hydrogen) atoms. The Labute approximate surface area is 221 Å². The summed E-state index contributed by atoms with van der Waals surface area (Å²) in [5, 5.41) is 30.6. The number of hydrogen-bond donors (Lipinski definition) is 4. The summed E-state index contributed by atoms with van der Waals surface area (Å²) in [6.07, 6.45) is 1.71. The van der Waals surface area contributed by atoms with Gasteiger partial charge in [0.2, 0.25) is 0 Å².